The lowest BCUT2D eigenvalue weighted by atomic mass is 9.84. The summed E-state index contributed by atoms with van der Waals surface area (Å²) in [5.41, 5.74) is 1.87. The average Bonchev–Trinajstić information content (AvgIpc) is 2.69. The van der Waals surface area contributed by atoms with Gasteiger partial charge in [0.25, 0.3) is 0 Å². The number of hydrogen-bond donors (Lipinski definition) is 1. The van der Waals surface area contributed by atoms with Gasteiger partial charge in [-0.05, 0) is 50.0 Å². The smallest absolute Gasteiger partial charge is 0.315 e. The van der Waals surface area contributed by atoms with Crippen molar-refractivity contribution in [3.8, 4) is 11.5 Å². The Kier molecular flexibility index (Phi) is 6.36. The van der Waals surface area contributed by atoms with Gasteiger partial charge in [0, 0.05) is 30.8 Å². The lowest BCUT2D eigenvalue weighted by molar-refractivity contribution is -0.386. The van der Waals surface area contributed by atoms with Crippen LogP contribution in [0.5, 0.6) is 11.5 Å². The molecule has 3 rings (SSSR count). The maximum absolute atomic E-state index is 12.7. The molecule has 1 unspecified atom stereocenters. The fourth-order valence-corrected chi connectivity index (χ4v) is 3.94. The Bertz CT molecular complexity index is 883. The molecule has 0 bridgehead atoms. The fourth-order valence-electron chi connectivity index (χ4n) is 3.71. The summed E-state index contributed by atoms with van der Waals surface area (Å²) >= 11 is 5.44. The zero-order valence-electron chi connectivity index (χ0n) is 16.8. The molecule has 1 aromatic carbocycles. The molecule has 1 aliphatic heterocycles. The highest BCUT2D eigenvalue weighted by atomic mass is 32.1. The van der Waals surface area contributed by atoms with Gasteiger partial charge in [0.2, 0.25) is 5.75 Å². The van der Waals surface area contributed by atoms with E-state index in [1.54, 1.807) is 13.0 Å². The fraction of sp³-hybridized carbons (Fsp3) is 0.500. The number of thiocarbonyl (C=S) groups is 1. The second-order valence-electron chi connectivity index (χ2n) is 6.98. The lowest BCUT2D eigenvalue weighted by Gasteiger charge is -2.39. The van der Waals surface area contributed by atoms with Gasteiger partial charge in [-0.3, -0.25) is 14.9 Å². The van der Waals surface area contributed by atoms with E-state index in [9.17, 15) is 14.9 Å². The number of rotatable bonds is 7. The minimum absolute atomic E-state index is 0.0324. The van der Waals surface area contributed by atoms with Crippen LogP contribution in [-0.4, -0.2) is 41.0 Å². The Hall–Kier alpha value is -2.68. The normalized spacial score (nSPS) is 19.0. The number of carbonyl (C=O) groups is 1. The molecule has 2 aliphatic rings. The summed E-state index contributed by atoms with van der Waals surface area (Å²) in [6.45, 7) is 4.39. The van der Waals surface area contributed by atoms with Crippen LogP contribution < -0.4 is 14.8 Å². The van der Waals surface area contributed by atoms with E-state index in [0.717, 1.165) is 18.5 Å². The molecule has 1 atom stereocenters. The van der Waals surface area contributed by atoms with E-state index < -0.39 is 11.0 Å². The predicted octanol–water partition coefficient (Wildman–Crippen LogP) is 3.65. The van der Waals surface area contributed by atoms with E-state index in [1.165, 1.54) is 6.07 Å². The molecule has 0 fully saturated rings. The summed E-state index contributed by atoms with van der Waals surface area (Å²) in [6.07, 6.45) is 2.68. The summed E-state index contributed by atoms with van der Waals surface area (Å²) < 4.78 is 11.3. The van der Waals surface area contributed by atoms with E-state index in [0.29, 0.717) is 48.1 Å². The van der Waals surface area contributed by atoms with Crippen molar-refractivity contribution in [2.45, 2.75) is 45.6 Å². The standard InChI is InChI=1S/C20H25N3O5S/c1-4-9-28-19-14(23(25)26)10-12(11-16(19)27-5-2)18-17-13(7-6-8-15(17)24)22(3)20(29)21-18/h10-11,18H,4-9H2,1-3H3,(H,21,29). The molecule has 1 heterocycles. The SMILES string of the molecule is CCCOc1c(OCC)cc(C2NC(=S)N(C)C3=C2C(=O)CCC3)cc1[N+](=O)[O-]. The first kappa shape index (κ1) is 21.0. The quantitative estimate of drug-likeness (QED) is 0.407. The van der Waals surface area contributed by atoms with Gasteiger partial charge < -0.3 is 19.7 Å². The van der Waals surface area contributed by atoms with Crippen molar-refractivity contribution in [1.82, 2.24) is 10.2 Å². The van der Waals surface area contributed by atoms with Crippen LogP contribution in [0.3, 0.4) is 0 Å². The Morgan fingerprint density at radius 3 is 2.72 bits per heavy atom. The summed E-state index contributed by atoms with van der Waals surface area (Å²) in [5.74, 6) is 0.439. The van der Waals surface area contributed by atoms with Gasteiger partial charge >= 0.3 is 5.69 Å². The molecule has 0 amide bonds. The third-order valence-corrected chi connectivity index (χ3v) is 5.42. The first-order valence-corrected chi connectivity index (χ1v) is 10.2. The monoisotopic (exact) mass is 419 g/mol. The highest BCUT2D eigenvalue weighted by Crippen LogP contribution is 2.43. The van der Waals surface area contributed by atoms with E-state index in [-0.39, 0.29) is 17.2 Å². The van der Waals surface area contributed by atoms with Crippen molar-refractivity contribution in [3.63, 3.8) is 0 Å². The molecule has 0 radical (unpaired) electrons. The Morgan fingerprint density at radius 1 is 1.31 bits per heavy atom. The first-order valence-electron chi connectivity index (χ1n) is 9.77. The largest absolute Gasteiger partial charge is 0.490 e. The number of carbonyl (C=O) groups excluding carboxylic acids is 1. The third-order valence-electron chi connectivity index (χ3n) is 5.03. The van der Waals surface area contributed by atoms with Gasteiger partial charge in [0.15, 0.2) is 16.6 Å². The second-order valence-corrected chi connectivity index (χ2v) is 7.37. The summed E-state index contributed by atoms with van der Waals surface area (Å²) in [5, 5.41) is 15.4. The topological polar surface area (TPSA) is 93.9 Å². The molecule has 29 heavy (non-hydrogen) atoms. The first-order chi connectivity index (χ1) is 13.9. The van der Waals surface area contributed by atoms with Gasteiger partial charge in [-0.25, -0.2) is 0 Å². The number of ether oxygens (including phenoxy) is 2. The van der Waals surface area contributed by atoms with Crippen molar-refractivity contribution in [2.24, 2.45) is 0 Å². The van der Waals surface area contributed by atoms with E-state index in [1.807, 2.05) is 18.9 Å². The molecule has 1 aromatic rings. The van der Waals surface area contributed by atoms with Gasteiger partial charge in [-0.1, -0.05) is 6.92 Å². The number of nitrogens with one attached hydrogen (secondary N) is 1. The maximum Gasteiger partial charge on any atom is 0.315 e. The molecule has 156 valence electrons. The zero-order chi connectivity index (χ0) is 21.1. The van der Waals surface area contributed by atoms with E-state index in [2.05, 4.69) is 5.32 Å². The zero-order valence-corrected chi connectivity index (χ0v) is 17.6. The third kappa shape index (κ3) is 4.05. The number of nitrogens with zero attached hydrogens (tertiary/aromatic N) is 2. The van der Waals surface area contributed by atoms with Crippen LogP contribution in [0, 0.1) is 10.1 Å². The van der Waals surface area contributed by atoms with Crippen LogP contribution in [0.1, 0.15) is 51.1 Å². The molecule has 0 spiro atoms. The Morgan fingerprint density at radius 2 is 2.07 bits per heavy atom. The number of allylic oxidation sites excluding steroid dienone is 1. The van der Waals surface area contributed by atoms with Crippen molar-refractivity contribution in [2.75, 3.05) is 20.3 Å². The molecule has 1 aliphatic carbocycles. The summed E-state index contributed by atoms with van der Waals surface area (Å²) in [6, 6.07) is 2.60. The minimum atomic E-state index is -0.556. The lowest BCUT2D eigenvalue weighted by Crippen LogP contribution is -2.47. The minimum Gasteiger partial charge on any atom is -0.490 e. The summed E-state index contributed by atoms with van der Waals surface area (Å²) in [7, 11) is 1.83. The highest BCUT2D eigenvalue weighted by Gasteiger charge is 2.37. The molecule has 1 N–H and O–H groups in total. The Labute approximate surface area is 175 Å². The van der Waals surface area contributed by atoms with Crippen molar-refractivity contribution in [1.29, 1.82) is 0 Å². The van der Waals surface area contributed by atoms with Crippen LogP contribution in [0.25, 0.3) is 0 Å². The van der Waals surface area contributed by atoms with Crippen LogP contribution >= 0.6 is 12.2 Å². The number of ketones is 1. The Balaban J connectivity index is 2.16. The molecular formula is C20H25N3O5S. The van der Waals surface area contributed by atoms with Crippen LogP contribution in [0.4, 0.5) is 5.69 Å². The number of nitro groups is 1. The van der Waals surface area contributed by atoms with Crippen molar-refractivity contribution < 1.29 is 19.2 Å². The number of benzene rings is 1. The number of Topliss-reactive ketones (excluding diaryl/α,β-unsaturated/α-hetero) is 1. The summed E-state index contributed by atoms with van der Waals surface area (Å²) in [4.78, 5) is 25.9. The average molecular weight is 420 g/mol. The van der Waals surface area contributed by atoms with Gasteiger partial charge in [-0.15, -0.1) is 0 Å². The van der Waals surface area contributed by atoms with Crippen LogP contribution in [-0.2, 0) is 4.79 Å². The van der Waals surface area contributed by atoms with Crippen molar-refractivity contribution >= 4 is 28.8 Å². The molecule has 0 saturated carbocycles. The second kappa shape index (κ2) is 8.77. The molecule has 0 saturated heterocycles. The molecule has 8 nitrogen and oxygen atoms in total. The predicted molar refractivity (Wildman–Crippen MR) is 112 cm³/mol. The van der Waals surface area contributed by atoms with Crippen molar-refractivity contribution in [3.05, 3.63) is 39.1 Å². The molecular weight excluding hydrogens is 394 g/mol. The van der Waals surface area contributed by atoms with E-state index in [4.69, 9.17) is 21.7 Å². The van der Waals surface area contributed by atoms with Crippen LogP contribution in [0.15, 0.2) is 23.4 Å². The van der Waals surface area contributed by atoms with Gasteiger partial charge in [0.05, 0.1) is 24.2 Å². The number of hydrogen-bond acceptors (Lipinski definition) is 6. The number of nitro benzene ring substituents is 1. The van der Waals surface area contributed by atoms with Crippen LogP contribution in [0.2, 0.25) is 0 Å². The molecule has 0 aromatic heterocycles. The van der Waals surface area contributed by atoms with Gasteiger partial charge in [-0.2, -0.15) is 0 Å². The van der Waals surface area contributed by atoms with E-state index >= 15 is 0 Å². The molecule has 9 heteroatoms. The van der Waals surface area contributed by atoms with Gasteiger partial charge in [0.1, 0.15) is 0 Å². The highest BCUT2D eigenvalue weighted by molar-refractivity contribution is 7.80. The maximum atomic E-state index is 12.7.